The summed E-state index contributed by atoms with van der Waals surface area (Å²) in [5.74, 6) is 0.401. The summed E-state index contributed by atoms with van der Waals surface area (Å²) in [6.07, 6.45) is 0.443. The van der Waals surface area contributed by atoms with Crippen molar-refractivity contribution in [1.82, 2.24) is 5.32 Å². The summed E-state index contributed by atoms with van der Waals surface area (Å²) in [4.78, 5) is 12.7. The minimum absolute atomic E-state index is 0.110. The third kappa shape index (κ3) is 5.06. The molecular formula is C23H28N2O6S. The van der Waals surface area contributed by atoms with Gasteiger partial charge in [-0.15, -0.1) is 0 Å². The summed E-state index contributed by atoms with van der Waals surface area (Å²) < 4.78 is 37.7. The van der Waals surface area contributed by atoms with Crippen LogP contribution in [0.2, 0.25) is 0 Å². The van der Waals surface area contributed by atoms with Gasteiger partial charge < -0.3 is 19.9 Å². The topological polar surface area (TPSA) is 114 Å². The van der Waals surface area contributed by atoms with Crippen molar-refractivity contribution >= 4 is 21.6 Å². The van der Waals surface area contributed by atoms with Crippen LogP contribution in [0, 0.1) is 0 Å². The molecule has 3 N–H and O–H groups in total. The van der Waals surface area contributed by atoms with E-state index in [1.807, 2.05) is 37.3 Å². The molecule has 0 saturated carbocycles. The zero-order chi connectivity index (χ0) is 22.9. The van der Waals surface area contributed by atoms with Gasteiger partial charge in [-0.1, -0.05) is 30.3 Å². The summed E-state index contributed by atoms with van der Waals surface area (Å²) in [6, 6.07) is 14.7. The Morgan fingerprint density at radius 1 is 1.22 bits per heavy atom. The molecule has 0 bridgehead atoms. The molecule has 1 fully saturated rings. The molecule has 2 aliphatic heterocycles. The molecule has 2 aromatic rings. The van der Waals surface area contributed by atoms with Gasteiger partial charge in [-0.2, -0.15) is 0 Å². The maximum absolute atomic E-state index is 12.7. The Labute approximate surface area is 188 Å². The molecule has 9 heteroatoms. The maximum Gasteiger partial charge on any atom is 0.229 e. The Hall–Kier alpha value is -2.62. The van der Waals surface area contributed by atoms with Crippen molar-refractivity contribution in [2.24, 2.45) is 0 Å². The molecule has 32 heavy (non-hydrogen) atoms. The second-order valence-electron chi connectivity index (χ2n) is 8.43. The van der Waals surface area contributed by atoms with E-state index in [1.54, 1.807) is 18.2 Å². The number of benzene rings is 2. The van der Waals surface area contributed by atoms with Gasteiger partial charge in [0, 0.05) is 17.2 Å². The number of ether oxygens (including phenoxy) is 2. The summed E-state index contributed by atoms with van der Waals surface area (Å²) in [5.41, 5.74) is 2.32. The Bertz CT molecular complexity index is 1080. The molecule has 0 spiro atoms. The standard InChI is InChI=1S/C23H28N2O6S/c1-14(15-6-4-3-5-7-15)24-22(27)12-17-11-19-18-10-16(25-32(2,28)29)8-9-20(18)31-23(19)21(13-26)30-17/h3-10,14,17,19,21,23,25-26H,11-13H2,1-2H3,(H,24,27)/t14-,17-,19-,21+,23+/m1/s1. The highest BCUT2D eigenvalue weighted by Gasteiger charge is 2.46. The molecule has 8 nitrogen and oxygen atoms in total. The van der Waals surface area contributed by atoms with Gasteiger partial charge in [-0.3, -0.25) is 9.52 Å². The number of aliphatic hydroxyl groups is 1. The molecule has 5 atom stereocenters. The van der Waals surface area contributed by atoms with Crippen LogP contribution in [0.25, 0.3) is 0 Å². The zero-order valence-corrected chi connectivity index (χ0v) is 18.8. The number of rotatable bonds is 7. The van der Waals surface area contributed by atoms with E-state index in [-0.39, 0.29) is 37.0 Å². The van der Waals surface area contributed by atoms with Gasteiger partial charge in [0.15, 0.2) is 0 Å². The first kappa shape index (κ1) is 22.6. The van der Waals surface area contributed by atoms with Gasteiger partial charge in [0.05, 0.1) is 31.4 Å². The fourth-order valence-electron chi connectivity index (χ4n) is 4.50. The van der Waals surface area contributed by atoms with Crippen molar-refractivity contribution in [2.45, 2.75) is 50.0 Å². The minimum Gasteiger partial charge on any atom is -0.487 e. The van der Waals surface area contributed by atoms with Crippen LogP contribution >= 0.6 is 0 Å². The third-order valence-electron chi connectivity index (χ3n) is 5.89. The highest BCUT2D eigenvalue weighted by Crippen LogP contribution is 2.47. The van der Waals surface area contributed by atoms with Gasteiger partial charge in [0.2, 0.25) is 15.9 Å². The number of hydrogen-bond donors (Lipinski definition) is 3. The molecule has 0 unspecified atom stereocenters. The number of carbonyl (C=O) groups excluding carboxylic acids is 1. The van der Waals surface area contributed by atoms with E-state index in [0.29, 0.717) is 17.9 Å². The van der Waals surface area contributed by atoms with Crippen molar-refractivity contribution in [2.75, 3.05) is 17.6 Å². The summed E-state index contributed by atoms with van der Waals surface area (Å²) in [7, 11) is -3.41. The average Bonchev–Trinajstić information content (AvgIpc) is 3.10. The van der Waals surface area contributed by atoms with Crippen molar-refractivity contribution in [3.63, 3.8) is 0 Å². The van der Waals surface area contributed by atoms with Gasteiger partial charge in [0.25, 0.3) is 0 Å². The van der Waals surface area contributed by atoms with Crippen LogP contribution < -0.4 is 14.8 Å². The molecule has 0 aromatic heterocycles. The zero-order valence-electron chi connectivity index (χ0n) is 18.0. The Balaban J connectivity index is 1.47. The lowest BCUT2D eigenvalue weighted by molar-refractivity contribution is -0.142. The molecule has 2 heterocycles. The van der Waals surface area contributed by atoms with E-state index in [4.69, 9.17) is 9.47 Å². The van der Waals surface area contributed by atoms with Crippen molar-refractivity contribution < 1.29 is 27.8 Å². The molecule has 2 aromatic carbocycles. The van der Waals surface area contributed by atoms with E-state index < -0.39 is 22.2 Å². The van der Waals surface area contributed by atoms with Crippen molar-refractivity contribution in [1.29, 1.82) is 0 Å². The highest BCUT2D eigenvalue weighted by molar-refractivity contribution is 7.92. The van der Waals surface area contributed by atoms with Crippen LogP contribution in [-0.4, -0.2) is 50.6 Å². The normalized spacial score (nSPS) is 25.2. The molecule has 1 saturated heterocycles. The molecule has 4 rings (SSSR count). The highest BCUT2D eigenvalue weighted by atomic mass is 32.2. The van der Waals surface area contributed by atoms with E-state index in [2.05, 4.69) is 10.0 Å². The number of amides is 1. The predicted octanol–water partition coefficient (Wildman–Crippen LogP) is 2.32. The van der Waals surface area contributed by atoms with Gasteiger partial charge in [-0.05, 0) is 37.1 Å². The lowest BCUT2D eigenvalue weighted by atomic mass is 9.84. The summed E-state index contributed by atoms with van der Waals surface area (Å²) in [5, 5.41) is 12.9. The molecule has 0 radical (unpaired) electrons. The van der Waals surface area contributed by atoms with Gasteiger partial charge >= 0.3 is 0 Å². The second-order valence-corrected chi connectivity index (χ2v) is 10.2. The van der Waals surface area contributed by atoms with E-state index >= 15 is 0 Å². The maximum atomic E-state index is 12.7. The fourth-order valence-corrected chi connectivity index (χ4v) is 5.05. The Morgan fingerprint density at radius 2 is 1.97 bits per heavy atom. The monoisotopic (exact) mass is 460 g/mol. The SMILES string of the molecule is C[C@@H](NC(=O)C[C@H]1C[C@@H]2c3cc(NS(C)(=O)=O)ccc3O[C@@H]2[C@H](CO)O1)c1ccccc1. The van der Waals surface area contributed by atoms with Crippen LogP contribution in [0.15, 0.2) is 48.5 Å². The van der Waals surface area contributed by atoms with E-state index in [1.165, 1.54) is 0 Å². The van der Waals surface area contributed by atoms with Crippen LogP contribution in [0.1, 0.15) is 42.9 Å². The third-order valence-corrected chi connectivity index (χ3v) is 6.50. The van der Waals surface area contributed by atoms with Gasteiger partial charge in [0.1, 0.15) is 18.0 Å². The number of anilines is 1. The fraction of sp³-hybridized carbons (Fsp3) is 0.435. The summed E-state index contributed by atoms with van der Waals surface area (Å²) >= 11 is 0. The quantitative estimate of drug-likeness (QED) is 0.584. The van der Waals surface area contributed by atoms with E-state index in [9.17, 15) is 18.3 Å². The lowest BCUT2D eigenvalue weighted by Crippen LogP contribution is -2.47. The number of hydrogen-bond acceptors (Lipinski definition) is 6. The number of aliphatic hydroxyl groups excluding tert-OH is 1. The first-order valence-electron chi connectivity index (χ1n) is 10.6. The first-order chi connectivity index (χ1) is 15.2. The minimum atomic E-state index is -3.41. The lowest BCUT2D eigenvalue weighted by Gasteiger charge is -2.37. The number of nitrogens with one attached hydrogen (secondary N) is 2. The molecule has 0 aliphatic carbocycles. The molecule has 172 valence electrons. The smallest absolute Gasteiger partial charge is 0.229 e. The molecular weight excluding hydrogens is 432 g/mol. The molecule has 2 aliphatic rings. The van der Waals surface area contributed by atoms with Crippen molar-refractivity contribution in [3.8, 4) is 5.75 Å². The Morgan fingerprint density at radius 3 is 2.66 bits per heavy atom. The van der Waals surface area contributed by atoms with Crippen molar-refractivity contribution in [3.05, 3.63) is 59.7 Å². The molecule has 1 amide bonds. The second kappa shape index (κ2) is 9.09. The van der Waals surface area contributed by atoms with Crippen LogP contribution in [0.4, 0.5) is 5.69 Å². The average molecular weight is 461 g/mol. The predicted molar refractivity (Wildman–Crippen MR) is 120 cm³/mol. The van der Waals surface area contributed by atoms with Crippen LogP contribution in [0.3, 0.4) is 0 Å². The van der Waals surface area contributed by atoms with Gasteiger partial charge in [-0.25, -0.2) is 8.42 Å². The van der Waals surface area contributed by atoms with Crippen LogP contribution in [-0.2, 0) is 19.6 Å². The van der Waals surface area contributed by atoms with E-state index in [0.717, 1.165) is 17.4 Å². The Kier molecular flexibility index (Phi) is 6.41. The number of fused-ring (bicyclic) bond motifs is 3. The largest absolute Gasteiger partial charge is 0.487 e. The first-order valence-corrected chi connectivity index (χ1v) is 12.5. The summed E-state index contributed by atoms with van der Waals surface area (Å²) in [6.45, 7) is 1.70. The number of carbonyl (C=O) groups is 1. The van der Waals surface area contributed by atoms with Crippen LogP contribution in [0.5, 0.6) is 5.75 Å². The number of sulfonamides is 1.